The summed E-state index contributed by atoms with van der Waals surface area (Å²) in [5.41, 5.74) is 6.70. The topological polar surface area (TPSA) is 26.0 Å². The Kier molecular flexibility index (Phi) is 4.12. The SMILES string of the molecule is NC(Cc1cc(F)cc(F)c1)c1cc(F)ccc1Cl. The van der Waals surface area contributed by atoms with Crippen LogP contribution >= 0.6 is 11.6 Å². The van der Waals surface area contributed by atoms with Crippen molar-refractivity contribution < 1.29 is 13.2 Å². The second-order valence-corrected chi connectivity index (χ2v) is 4.66. The summed E-state index contributed by atoms with van der Waals surface area (Å²) in [5, 5.41) is 0.325. The average Bonchev–Trinajstić information content (AvgIpc) is 2.30. The Morgan fingerprint density at radius 1 is 0.947 bits per heavy atom. The van der Waals surface area contributed by atoms with Gasteiger partial charge < -0.3 is 5.73 Å². The summed E-state index contributed by atoms with van der Waals surface area (Å²) < 4.78 is 39.3. The monoisotopic (exact) mass is 285 g/mol. The lowest BCUT2D eigenvalue weighted by molar-refractivity contribution is 0.575. The molecule has 2 aromatic rings. The quantitative estimate of drug-likeness (QED) is 0.906. The molecule has 0 fully saturated rings. The fraction of sp³-hybridized carbons (Fsp3) is 0.143. The summed E-state index contributed by atoms with van der Waals surface area (Å²) >= 11 is 5.93. The highest BCUT2D eigenvalue weighted by atomic mass is 35.5. The fourth-order valence-electron chi connectivity index (χ4n) is 1.89. The number of benzene rings is 2. The van der Waals surface area contributed by atoms with Gasteiger partial charge in [0, 0.05) is 17.1 Å². The van der Waals surface area contributed by atoms with E-state index in [4.69, 9.17) is 17.3 Å². The maximum absolute atomic E-state index is 13.1. The first kappa shape index (κ1) is 13.9. The van der Waals surface area contributed by atoms with Gasteiger partial charge in [0.2, 0.25) is 0 Å². The number of rotatable bonds is 3. The van der Waals surface area contributed by atoms with E-state index in [1.807, 2.05) is 0 Å². The van der Waals surface area contributed by atoms with Gasteiger partial charge in [0.25, 0.3) is 0 Å². The molecule has 5 heteroatoms. The summed E-state index contributed by atoms with van der Waals surface area (Å²) in [6, 6.07) is 6.38. The third-order valence-corrected chi connectivity index (χ3v) is 3.08. The Bertz CT molecular complexity index is 581. The van der Waals surface area contributed by atoms with E-state index in [0.717, 1.165) is 6.07 Å². The minimum Gasteiger partial charge on any atom is -0.324 e. The van der Waals surface area contributed by atoms with Crippen LogP contribution in [0.3, 0.4) is 0 Å². The van der Waals surface area contributed by atoms with E-state index in [2.05, 4.69) is 0 Å². The van der Waals surface area contributed by atoms with Crippen molar-refractivity contribution in [3.05, 3.63) is 70.0 Å². The zero-order chi connectivity index (χ0) is 14.0. The van der Waals surface area contributed by atoms with E-state index in [9.17, 15) is 13.2 Å². The molecule has 0 spiro atoms. The highest BCUT2D eigenvalue weighted by Crippen LogP contribution is 2.25. The maximum Gasteiger partial charge on any atom is 0.126 e. The normalized spacial score (nSPS) is 12.5. The molecule has 0 heterocycles. The second kappa shape index (κ2) is 5.63. The van der Waals surface area contributed by atoms with Crippen LogP contribution in [0.5, 0.6) is 0 Å². The Balaban J connectivity index is 2.25. The van der Waals surface area contributed by atoms with Crippen LogP contribution in [0.1, 0.15) is 17.2 Å². The summed E-state index contributed by atoms with van der Waals surface area (Å²) in [5.74, 6) is -1.81. The first-order valence-corrected chi connectivity index (χ1v) is 5.99. The van der Waals surface area contributed by atoms with Crippen molar-refractivity contribution in [2.45, 2.75) is 12.5 Å². The van der Waals surface area contributed by atoms with Crippen LogP contribution in [0.25, 0.3) is 0 Å². The van der Waals surface area contributed by atoms with Crippen molar-refractivity contribution >= 4 is 11.6 Å². The number of halogens is 4. The minimum absolute atomic E-state index is 0.165. The van der Waals surface area contributed by atoms with E-state index >= 15 is 0 Å². The molecular formula is C14H11ClF3N. The Hall–Kier alpha value is -1.52. The predicted molar refractivity (Wildman–Crippen MR) is 68.4 cm³/mol. The van der Waals surface area contributed by atoms with Crippen molar-refractivity contribution in [1.82, 2.24) is 0 Å². The van der Waals surface area contributed by atoms with Crippen molar-refractivity contribution in [3.8, 4) is 0 Å². The van der Waals surface area contributed by atoms with Crippen molar-refractivity contribution in [2.75, 3.05) is 0 Å². The summed E-state index contributed by atoms with van der Waals surface area (Å²) in [6.45, 7) is 0. The molecular weight excluding hydrogens is 275 g/mol. The van der Waals surface area contributed by atoms with E-state index < -0.39 is 23.5 Å². The molecule has 0 saturated carbocycles. The summed E-state index contributed by atoms with van der Waals surface area (Å²) in [7, 11) is 0. The lowest BCUT2D eigenvalue weighted by Crippen LogP contribution is -2.14. The largest absolute Gasteiger partial charge is 0.324 e. The molecule has 0 aliphatic heterocycles. The molecule has 19 heavy (non-hydrogen) atoms. The highest BCUT2D eigenvalue weighted by molar-refractivity contribution is 6.31. The smallest absolute Gasteiger partial charge is 0.126 e. The zero-order valence-electron chi connectivity index (χ0n) is 9.84. The van der Waals surface area contributed by atoms with Crippen LogP contribution in [-0.4, -0.2) is 0 Å². The zero-order valence-corrected chi connectivity index (χ0v) is 10.6. The first-order valence-electron chi connectivity index (χ1n) is 5.61. The molecule has 0 amide bonds. The van der Waals surface area contributed by atoms with Crippen molar-refractivity contribution in [2.24, 2.45) is 5.73 Å². The lowest BCUT2D eigenvalue weighted by atomic mass is 9.99. The molecule has 2 rings (SSSR count). The first-order chi connectivity index (χ1) is 8.95. The summed E-state index contributed by atoms with van der Waals surface area (Å²) in [6.07, 6.45) is 0.165. The molecule has 0 bridgehead atoms. The van der Waals surface area contributed by atoms with Crippen LogP contribution in [0.15, 0.2) is 36.4 Å². The molecule has 0 aliphatic carbocycles. The average molecular weight is 286 g/mol. The van der Waals surface area contributed by atoms with Crippen LogP contribution in [0.4, 0.5) is 13.2 Å². The van der Waals surface area contributed by atoms with Crippen LogP contribution in [-0.2, 0) is 6.42 Å². The van der Waals surface area contributed by atoms with Gasteiger partial charge >= 0.3 is 0 Å². The molecule has 1 unspecified atom stereocenters. The van der Waals surface area contributed by atoms with E-state index in [1.165, 1.54) is 30.3 Å². The van der Waals surface area contributed by atoms with Gasteiger partial charge in [0.15, 0.2) is 0 Å². The molecule has 2 aromatic carbocycles. The van der Waals surface area contributed by atoms with E-state index in [-0.39, 0.29) is 6.42 Å². The third-order valence-electron chi connectivity index (χ3n) is 2.74. The van der Waals surface area contributed by atoms with Gasteiger partial charge in [-0.3, -0.25) is 0 Å². The van der Waals surface area contributed by atoms with Gasteiger partial charge in [0.1, 0.15) is 17.5 Å². The van der Waals surface area contributed by atoms with Crippen molar-refractivity contribution in [3.63, 3.8) is 0 Å². The lowest BCUT2D eigenvalue weighted by Gasteiger charge is -2.14. The van der Waals surface area contributed by atoms with Gasteiger partial charge in [-0.25, -0.2) is 13.2 Å². The maximum atomic E-state index is 13.1. The predicted octanol–water partition coefficient (Wildman–Crippen LogP) is 4.00. The summed E-state index contributed by atoms with van der Waals surface area (Å²) in [4.78, 5) is 0. The van der Waals surface area contributed by atoms with Crippen LogP contribution < -0.4 is 5.73 Å². The van der Waals surface area contributed by atoms with Gasteiger partial charge in [0.05, 0.1) is 0 Å². The Morgan fingerprint density at radius 2 is 1.58 bits per heavy atom. The van der Waals surface area contributed by atoms with Crippen LogP contribution in [0, 0.1) is 17.5 Å². The van der Waals surface area contributed by atoms with Crippen molar-refractivity contribution in [1.29, 1.82) is 0 Å². The van der Waals surface area contributed by atoms with Gasteiger partial charge in [-0.2, -0.15) is 0 Å². The molecule has 0 radical (unpaired) electrons. The van der Waals surface area contributed by atoms with Gasteiger partial charge in [-0.1, -0.05) is 11.6 Å². The Labute approximate surface area is 113 Å². The van der Waals surface area contributed by atoms with Gasteiger partial charge in [-0.05, 0) is 47.9 Å². The molecule has 0 aliphatic rings. The van der Waals surface area contributed by atoms with E-state index in [0.29, 0.717) is 16.1 Å². The van der Waals surface area contributed by atoms with Crippen LogP contribution in [0.2, 0.25) is 5.02 Å². The highest BCUT2D eigenvalue weighted by Gasteiger charge is 2.13. The van der Waals surface area contributed by atoms with Gasteiger partial charge in [-0.15, -0.1) is 0 Å². The molecule has 1 nitrogen and oxygen atoms in total. The molecule has 100 valence electrons. The molecule has 0 aromatic heterocycles. The molecule has 1 atom stereocenters. The Morgan fingerprint density at radius 3 is 2.21 bits per heavy atom. The standard InChI is InChI=1S/C14H11ClF3N/c15-13-2-1-9(16)7-12(13)14(19)5-8-3-10(17)6-11(18)4-8/h1-4,6-7,14H,5,19H2. The minimum atomic E-state index is -0.674. The molecule has 0 saturated heterocycles. The molecule has 2 N–H and O–H groups in total. The third kappa shape index (κ3) is 3.49. The fourth-order valence-corrected chi connectivity index (χ4v) is 2.15. The number of hydrogen-bond acceptors (Lipinski definition) is 1. The number of hydrogen-bond donors (Lipinski definition) is 1. The van der Waals surface area contributed by atoms with E-state index in [1.54, 1.807) is 0 Å². The second-order valence-electron chi connectivity index (χ2n) is 4.25. The number of nitrogens with two attached hydrogens (primary N) is 1.